The molecule has 3 rings (SSSR count). The number of carbonyl (C=O) groups excluding carboxylic acids is 1. The van der Waals surface area contributed by atoms with Crippen LogP contribution < -0.4 is 10.1 Å². The Labute approximate surface area is 172 Å². The van der Waals surface area contributed by atoms with Gasteiger partial charge < -0.3 is 10.1 Å². The number of piperidine rings is 1. The Kier molecular flexibility index (Phi) is 6.92. The molecule has 7 heteroatoms. The molecule has 0 aliphatic carbocycles. The second-order valence-corrected chi connectivity index (χ2v) is 9.25. The average molecular weight is 417 g/mol. The van der Waals surface area contributed by atoms with Gasteiger partial charge in [0.25, 0.3) is 0 Å². The zero-order valence-corrected chi connectivity index (χ0v) is 17.7. The maximum Gasteiger partial charge on any atom is 0.243 e. The number of carbonyl (C=O) groups is 1. The number of hydrogen-bond acceptors (Lipinski definition) is 4. The fourth-order valence-corrected chi connectivity index (χ4v) is 5.00. The Hall–Kier alpha value is -2.38. The molecule has 0 aromatic heterocycles. The van der Waals surface area contributed by atoms with E-state index in [1.54, 1.807) is 24.3 Å². The second kappa shape index (κ2) is 9.41. The Balaban J connectivity index is 1.62. The van der Waals surface area contributed by atoms with Crippen molar-refractivity contribution in [3.05, 3.63) is 59.7 Å². The Bertz CT molecular complexity index is 942. The molecule has 2 aromatic rings. The molecule has 1 saturated heterocycles. The summed E-state index contributed by atoms with van der Waals surface area (Å²) in [4.78, 5) is 12.9. The van der Waals surface area contributed by atoms with E-state index < -0.39 is 10.0 Å². The minimum absolute atomic E-state index is 0.115. The topological polar surface area (TPSA) is 75.7 Å². The molecular formula is C22H28N2O4S. The summed E-state index contributed by atoms with van der Waals surface area (Å²) in [5, 5.41) is 2.94. The van der Waals surface area contributed by atoms with Gasteiger partial charge >= 0.3 is 0 Å². The van der Waals surface area contributed by atoms with Crippen LogP contribution in [0.15, 0.2) is 53.4 Å². The summed E-state index contributed by atoms with van der Waals surface area (Å²) < 4.78 is 32.8. The molecule has 1 aliphatic rings. The van der Waals surface area contributed by atoms with E-state index in [0.29, 0.717) is 32.5 Å². The molecular weight excluding hydrogens is 388 g/mol. The van der Waals surface area contributed by atoms with E-state index >= 15 is 0 Å². The summed E-state index contributed by atoms with van der Waals surface area (Å²) in [7, 11) is -3.59. The molecule has 0 radical (unpaired) electrons. The highest BCUT2D eigenvalue weighted by Gasteiger charge is 2.33. The van der Waals surface area contributed by atoms with Crippen molar-refractivity contribution in [2.75, 3.05) is 19.7 Å². The first-order valence-corrected chi connectivity index (χ1v) is 11.4. The first-order chi connectivity index (χ1) is 13.9. The van der Waals surface area contributed by atoms with Crippen molar-refractivity contribution >= 4 is 15.9 Å². The summed E-state index contributed by atoms with van der Waals surface area (Å²) in [6.07, 6.45) is 1.35. The van der Waals surface area contributed by atoms with Crippen LogP contribution in [-0.4, -0.2) is 38.3 Å². The predicted molar refractivity (Wildman–Crippen MR) is 112 cm³/mol. The lowest BCUT2D eigenvalue weighted by Gasteiger charge is -2.31. The van der Waals surface area contributed by atoms with E-state index in [9.17, 15) is 13.2 Å². The van der Waals surface area contributed by atoms with Gasteiger partial charge in [-0.25, -0.2) is 8.42 Å². The van der Waals surface area contributed by atoms with Crippen molar-refractivity contribution < 1.29 is 17.9 Å². The third-order valence-corrected chi connectivity index (χ3v) is 6.97. The first-order valence-electron chi connectivity index (χ1n) is 9.96. The fraction of sp³-hybridized carbons (Fsp3) is 0.409. The Morgan fingerprint density at radius 2 is 1.97 bits per heavy atom. The molecule has 0 spiro atoms. The summed E-state index contributed by atoms with van der Waals surface area (Å²) in [5.74, 6) is 0.307. The molecule has 29 heavy (non-hydrogen) atoms. The Morgan fingerprint density at radius 1 is 1.21 bits per heavy atom. The molecule has 1 N–H and O–H groups in total. The summed E-state index contributed by atoms with van der Waals surface area (Å²) in [6.45, 7) is 5.47. The van der Waals surface area contributed by atoms with Gasteiger partial charge in [-0.15, -0.1) is 0 Å². The minimum atomic E-state index is -3.59. The van der Waals surface area contributed by atoms with Gasteiger partial charge in [-0.05, 0) is 56.5 Å². The van der Waals surface area contributed by atoms with Crippen LogP contribution in [0.4, 0.5) is 0 Å². The quantitative estimate of drug-likeness (QED) is 0.753. The van der Waals surface area contributed by atoms with Crippen LogP contribution in [0.1, 0.15) is 30.9 Å². The molecule has 1 fully saturated rings. The van der Waals surface area contributed by atoms with E-state index in [1.165, 1.54) is 4.31 Å². The minimum Gasteiger partial charge on any atom is -0.494 e. The standard InChI is InChI=1S/C22H28N2O4S/c1-3-28-20-8-4-6-18(14-20)15-23-22(25)19-7-5-13-24(16-19)29(26,27)21-11-9-17(2)10-12-21/h4,6,8-12,14,19H,3,5,7,13,15-16H2,1-2H3,(H,23,25)/t19-/m0/s1. The van der Waals surface area contributed by atoms with Gasteiger partial charge in [0, 0.05) is 19.6 Å². The molecule has 0 unspecified atom stereocenters. The highest BCUT2D eigenvalue weighted by molar-refractivity contribution is 7.89. The van der Waals surface area contributed by atoms with Gasteiger partial charge in [0.1, 0.15) is 5.75 Å². The molecule has 0 saturated carbocycles. The lowest BCUT2D eigenvalue weighted by Crippen LogP contribution is -2.45. The monoisotopic (exact) mass is 416 g/mol. The number of benzene rings is 2. The molecule has 156 valence electrons. The molecule has 0 bridgehead atoms. The molecule has 1 heterocycles. The number of nitrogens with zero attached hydrogens (tertiary/aromatic N) is 1. The molecule has 1 atom stereocenters. The zero-order chi connectivity index (χ0) is 20.9. The third-order valence-electron chi connectivity index (χ3n) is 5.09. The maximum absolute atomic E-state index is 12.9. The van der Waals surface area contributed by atoms with E-state index in [1.807, 2.05) is 38.1 Å². The fourth-order valence-electron chi connectivity index (χ4n) is 3.48. The van der Waals surface area contributed by atoms with E-state index in [2.05, 4.69) is 5.32 Å². The van der Waals surface area contributed by atoms with E-state index in [0.717, 1.165) is 16.9 Å². The second-order valence-electron chi connectivity index (χ2n) is 7.31. The number of amides is 1. The normalized spacial score (nSPS) is 17.7. The van der Waals surface area contributed by atoms with Gasteiger partial charge in [0.15, 0.2) is 0 Å². The molecule has 1 aliphatic heterocycles. The van der Waals surface area contributed by atoms with Crippen LogP contribution in [-0.2, 0) is 21.4 Å². The van der Waals surface area contributed by atoms with E-state index in [-0.39, 0.29) is 23.3 Å². The van der Waals surface area contributed by atoms with Gasteiger partial charge in [-0.2, -0.15) is 4.31 Å². The Morgan fingerprint density at radius 3 is 2.69 bits per heavy atom. The first kappa shape index (κ1) is 21.3. The van der Waals surface area contributed by atoms with Gasteiger partial charge in [0.2, 0.25) is 15.9 Å². The number of hydrogen-bond donors (Lipinski definition) is 1. The number of sulfonamides is 1. The van der Waals surface area contributed by atoms with E-state index in [4.69, 9.17) is 4.74 Å². The van der Waals surface area contributed by atoms with Crippen LogP contribution in [0.25, 0.3) is 0 Å². The highest BCUT2D eigenvalue weighted by Crippen LogP contribution is 2.24. The van der Waals surface area contributed by atoms with Crippen molar-refractivity contribution in [3.8, 4) is 5.75 Å². The van der Waals surface area contributed by atoms with Crippen molar-refractivity contribution in [2.45, 2.75) is 38.1 Å². The summed E-state index contributed by atoms with van der Waals surface area (Å²) in [5.41, 5.74) is 1.96. The SMILES string of the molecule is CCOc1cccc(CNC(=O)[C@H]2CCCN(S(=O)(=O)c3ccc(C)cc3)C2)c1. The maximum atomic E-state index is 12.9. The van der Waals surface area contributed by atoms with Crippen LogP contribution >= 0.6 is 0 Å². The van der Waals surface area contributed by atoms with Crippen LogP contribution in [0.2, 0.25) is 0 Å². The lowest BCUT2D eigenvalue weighted by molar-refractivity contribution is -0.126. The van der Waals surface area contributed by atoms with Crippen LogP contribution in [0, 0.1) is 12.8 Å². The van der Waals surface area contributed by atoms with Crippen LogP contribution in [0.3, 0.4) is 0 Å². The predicted octanol–water partition coefficient (Wildman–Crippen LogP) is 3.11. The molecule has 2 aromatic carbocycles. The van der Waals surface area contributed by atoms with Crippen molar-refractivity contribution in [1.82, 2.24) is 9.62 Å². The summed E-state index contributed by atoms with van der Waals surface area (Å²) >= 11 is 0. The third kappa shape index (κ3) is 5.36. The summed E-state index contributed by atoms with van der Waals surface area (Å²) in [6, 6.07) is 14.4. The van der Waals surface area contributed by atoms with Crippen molar-refractivity contribution in [2.24, 2.45) is 5.92 Å². The number of rotatable bonds is 7. The average Bonchev–Trinajstić information content (AvgIpc) is 2.73. The smallest absolute Gasteiger partial charge is 0.243 e. The van der Waals surface area contributed by atoms with Gasteiger partial charge in [-0.1, -0.05) is 29.8 Å². The largest absolute Gasteiger partial charge is 0.494 e. The number of ether oxygens (including phenoxy) is 1. The molecule has 1 amide bonds. The lowest BCUT2D eigenvalue weighted by atomic mass is 9.99. The number of aryl methyl sites for hydroxylation is 1. The molecule has 6 nitrogen and oxygen atoms in total. The van der Waals surface area contributed by atoms with Crippen molar-refractivity contribution in [1.29, 1.82) is 0 Å². The van der Waals surface area contributed by atoms with Crippen LogP contribution in [0.5, 0.6) is 5.75 Å². The van der Waals surface area contributed by atoms with Gasteiger partial charge in [0.05, 0.1) is 17.4 Å². The number of nitrogens with one attached hydrogen (secondary N) is 1. The zero-order valence-electron chi connectivity index (χ0n) is 16.9. The van der Waals surface area contributed by atoms with Gasteiger partial charge in [-0.3, -0.25) is 4.79 Å². The van der Waals surface area contributed by atoms with Crippen molar-refractivity contribution in [3.63, 3.8) is 0 Å². The highest BCUT2D eigenvalue weighted by atomic mass is 32.2.